The highest BCUT2D eigenvalue weighted by Crippen LogP contribution is 2.26. The van der Waals surface area contributed by atoms with Crippen molar-refractivity contribution in [3.05, 3.63) is 62.8 Å². The molecular formula is C20H24N2O3S2. The molecule has 1 aromatic heterocycles. The minimum absolute atomic E-state index is 0.0242. The highest BCUT2D eigenvalue weighted by molar-refractivity contribution is 7.89. The number of hydrogen-bond donors (Lipinski definition) is 1. The molecule has 7 heteroatoms. The largest absolute Gasteiger partial charge is 0.308 e. The van der Waals surface area contributed by atoms with Crippen molar-refractivity contribution >= 4 is 31.6 Å². The first kappa shape index (κ1) is 19.8. The molecule has 5 nitrogen and oxygen atoms in total. The Morgan fingerprint density at radius 1 is 1.04 bits per heavy atom. The molecule has 0 spiro atoms. The number of aryl methyl sites for hydroxylation is 2. The number of sulfonamides is 1. The van der Waals surface area contributed by atoms with Gasteiger partial charge in [0.05, 0.1) is 15.1 Å². The Balaban J connectivity index is 1.97. The van der Waals surface area contributed by atoms with E-state index in [0.717, 1.165) is 33.5 Å². The molecule has 3 aromatic rings. The zero-order chi connectivity index (χ0) is 19.9. The highest BCUT2D eigenvalue weighted by Gasteiger charge is 2.21. The summed E-state index contributed by atoms with van der Waals surface area (Å²) in [6.45, 7) is 9.67. The Labute approximate surface area is 163 Å². The van der Waals surface area contributed by atoms with Crippen LogP contribution in [0.5, 0.6) is 0 Å². The summed E-state index contributed by atoms with van der Waals surface area (Å²) in [5.74, 6) is 0. The maximum Gasteiger partial charge on any atom is 0.308 e. The summed E-state index contributed by atoms with van der Waals surface area (Å²) in [6.07, 6.45) is 0. The molecule has 0 bridgehead atoms. The topological polar surface area (TPSA) is 68.2 Å². The van der Waals surface area contributed by atoms with Crippen LogP contribution in [0, 0.1) is 13.8 Å². The van der Waals surface area contributed by atoms with Crippen LogP contribution in [0.25, 0.3) is 10.2 Å². The molecule has 1 atom stereocenters. The summed E-state index contributed by atoms with van der Waals surface area (Å²) in [5, 5.41) is 0. The van der Waals surface area contributed by atoms with Gasteiger partial charge in [0.1, 0.15) is 0 Å². The van der Waals surface area contributed by atoms with Gasteiger partial charge < -0.3 is 0 Å². The standard InChI is InChI=1S/C20H24N2O3S2/c1-12(2)22-18-9-8-16(11-19(18)26-20(22)23)27(24,25)21-15(5)17-10-13(3)6-7-14(17)4/h6-12,15,21H,1-5H3/t15-/m1/s1. The fourth-order valence-electron chi connectivity index (χ4n) is 3.26. The first-order chi connectivity index (χ1) is 12.6. The van der Waals surface area contributed by atoms with Crippen LogP contribution in [0.2, 0.25) is 0 Å². The SMILES string of the molecule is Cc1ccc(C)c([C@@H](C)NS(=O)(=O)c2ccc3c(c2)sc(=O)n3C(C)C)c1. The van der Waals surface area contributed by atoms with Crippen molar-refractivity contribution in [2.24, 2.45) is 0 Å². The van der Waals surface area contributed by atoms with E-state index in [9.17, 15) is 13.2 Å². The minimum Gasteiger partial charge on any atom is -0.296 e. The van der Waals surface area contributed by atoms with E-state index in [1.807, 2.05) is 52.8 Å². The van der Waals surface area contributed by atoms with Crippen LogP contribution < -0.4 is 9.60 Å². The van der Waals surface area contributed by atoms with Crippen LogP contribution in [-0.2, 0) is 10.0 Å². The van der Waals surface area contributed by atoms with E-state index in [-0.39, 0.29) is 21.9 Å². The van der Waals surface area contributed by atoms with E-state index in [2.05, 4.69) is 4.72 Å². The molecule has 2 aromatic carbocycles. The molecule has 0 radical (unpaired) electrons. The number of benzene rings is 2. The van der Waals surface area contributed by atoms with Crippen LogP contribution in [0.1, 0.15) is 49.5 Å². The predicted octanol–water partition coefficient (Wildman–Crippen LogP) is 4.30. The van der Waals surface area contributed by atoms with Crippen molar-refractivity contribution in [1.82, 2.24) is 9.29 Å². The van der Waals surface area contributed by atoms with Gasteiger partial charge in [-0.2, -0.15) is 0 Å². The van der Waals surface area contributed by atoms with Crippen LogP contribution >= 0.6 is 11.3 Å². The zero-order valence-corrected chi connectivity index (χ0v) is 17.7. The molecule has 1 N–H and O–H groups in total. The van der Waals surface area contributed by atoms with Gasteiger partial charge in [-0.05, 0) is 63.9 Å². The van der Waals surface area contributed by atoms with Gasteiger partial charge in [0, 0.05) is 12.1 Å². The van der Waals surface area contributed by atoms with Crippen LogP contribution in [0.4, 0.5) is 0 Å². The average Bonchev–Trinajstić information content (AvgIpc) is 2.91. The summed E-state index contributed by atoms with van der Waals surface area (Å²) >= 11 is 1.07. The third kappa shape index (κ3) is 3.85. The van der Waals surface area contributed by atoms with E-state index in [1.165, 1.54) is 0 Å². The lowest BCUT2D eigenvalue weighted by Crippen LogP contribution is -2.27. The molecule has 0 saturated carbocycles. The summed E-state index contributed by atoms with van der Waals surface area (Å²) in [5.41, 5.74) is 3.85. The summed E-state index contributed by atoms with van der Waals surface area (Å²) in [6, 6.07) is 10.5. The lowest BCUT2D eigenvalue weighted by Gasteiger charge is -2.17. The number of fused-ring (bicyclic) bond motifs is 1. The number of thiazole rings is 1. The Hall–Kier alpha value is -1.96. The van der Waals surface area contributed by atoms with Crippen molar-refractivity contribution in [2.75, 3.05) is 0 Å². The Morgan fingerprint density at radius 3 is 2.41 bits per heavy atom. The van der Waals surface area contributed by atoms with E-state index in [0.29, 0.717) is 4.70 Å². The first-order valence-corrected chi connectivity index (χ1v) is 11.1. The van der Waals surface area contributed by atoms with Gasteiger partial charge in [0.25, 0.3) is 0 Å². The highest BCUT2D eigenvalue weighted by atomic mass is 32.2. The van der Waals surface area contributed by atoms with Gasteiger partial charge in [0.15, 0.2) is 0 Å². The van der Waals surface area contributed by atoms with Gasteiger partial charge in [-0.25, -0.2) is 13.1 Å². The number of hydrogen-bond acceptors (Lipinski definition) is 4. The zero-order valence-electron chi connectivity index (χ0n) is 16.1. The molecule has 0 aliphatic carbocycles. The minimum atomic E-state index is -3.71. The molecule has 0 saturated heterocycles. The second-order valence-electron chi connectivity index (χ2n) is 7.16. The van der Waals surface area contributed by atoms with Crippen molar-refractivity contribution in [2.45, 2.75) is 51.6 Å². The lowest BCUT2D eigenvalue weighted by atomic mass is 10.0. The second-order valence-corrected chi connectivity index (χ2v) is 9.87. The van der Waals surface area contributed by atoms with E-state index >= 15 is 0 Å². The molecule has 0 aliphatic rings. The molecule has 0 amide bonds. The monoisotopic (exact) mass is 404 g/mol. The molecule has 3 rings (SSSR count). The Morgan fingerprint density at radius 2 is 1.74 bits per heavy atom. The molecular weight excluding hydrogens is 380 g/mol. The maximum atomic E-state index is 12.9. The summed E-state index contributed by atoms with van der Waals surface area (Å²) < 4.78 is 30.9. The Kier molecular flexibility index (Phi) is 5.29. The summed E-state index contributed by atoms with van der Waals surface area (Å²) in [4.78, 5) is 12.3. The molecule has 1 heterocycles. The second kappa shape index (κ2) is 7.22. The van der Waals surface area contributed by atoms with E-state index in [4.69, 9.17) is 0 Å². The number of nitrogens with zero attached hydrogens (tertiary/aromatic N) is 1. The van der Waals surface area contributed by atoms with Crippen molar-refractivity contribution in [3.63, 3.8) is 0 Å². The van der Waals surface area contributed by atoms with Gasteiger partial charge in [-0.1, -0.05) is 35.1 Å². The van der Waals surface area contributed by atoms with E-state index in [1.54, 1.807) is 22.8 Å². The smallest absolute Gasteiger partial charge is 0.296 e. The number of nitrogens with one attached hydrogen (secondary N) is 1. The molecule has 0 fully saturated rings. The average molecular weight is 405 g/mol. The third-order valence-electron chi connectivity index (χ3n) is 4.64. The van der Waals surface area contributed by atoms with E-state index < -0.39 is 10.0 Å². The Bertz CT molecular complexity index is 1160. The fraction of sp³-hybridized carbons (Fsp3) is 0.350. The van der Waals surface area contributed by atoms with Crippen molar-refractivity contribution in [3.8, 4) is 0 Å². The molecule has 144 valence electrons. The maximum absolute atomic E-state index is 12.9. The predicted molar refractivity (Wildman–Crippen MR) is 111 cm³/mol. The molecule has 27 heavy (non-hydrogen) atoms. The normalized spacial score (nSPS) is 13.4. The van der Waals surface area contributed by atoms with Gasteiger partial charge >= 0.3 is 4.87 Å². The van der Waals surface area contributed by atoms with Crippen molar-refractivity contribution in [1.29, 1.82) is 0 Å². The number of rotatable bonds is 5. The fourth-order valence-corrected chi connectivity index (χ4v) is 5.64. The van der Waals surface area contributed by atoms with Gasteiger partial charge in [0.2, 0.25) is 10.0 Å². The summed E-state index contributed by atoms with van der Waals surface area (Å²) in [7, 11) is -3.71. The van der Waals surface area contributed by atoms with Crippen LogP contribution in [0.15, 0.2) is 46.1 Å². The van der Waals surface area contributed by atoms with Gasteiger partial charge in [-0.15, -0.1) is 0 Å². The van der Waals surface area contributed by atoms with Crippen LogP contribution in [-0.4, -0.2) is 13.0 Å². The quantitative estimate of drug-likeness (QED) is 0.689. The molecule has 0 unspecified atom stereocenters. The third-order valence-corrected chi connectivity index (χ3v) is 7.10. The lowest BCUT2D eigenvalue weighted by molar-refractivity contribution is 0.566. The van der Waals surface area contributed by atoms with Crippen molar-refractivity contribution < 1.29 is 8.42 Å². The van der Waals surface area contributed by atoms with Gasteiger partial charge in [-0.3, -0.25) is 9.36 Å². The number of aromatic nitrogens is 1. The molecule has 0 aliphatic heterocycles. The van der Waals surface area contributed by atoms with Crippen LogP contribution in [0.3, 0.4) is 0 Å². The first-order valence-electron chi connectivity index (χ1n) is 8.84.